The molecule has 2 aromatic rings. The average Bonchev–Trinajstić information content (AvgIpc) is 3.03. The van der Waals surface area contributed by atoms with Gasteiger partial charge in [-0.15, -0.1) is 0 Å². The van der Waals surface area contributed by atoms with Crippen LogP contribution in [0.15, 0.2) is 46.9 Å². The van der Waals surface area contributed by atoms with E-state index in [1.54, 1.807) is 4.90 Å². The third-order valence-corrected chi connectivity index (χ3v) is 5.05. The zero-order valence-corrected chi connectivity index (χ0v) is 16.5. The van der Waals surface area contributed by atoms with Crippen molar-refractivity contribution in [2.45, 2.75) is 32.7 Å². The zero-order valence-electron chi connectivity index (χ0n) is 14.9. The van der Waals surface area contributed by atoms with Gasteiger partial charge in [-0.1, -0.05) is 12.1 Å². The van der Waals surface area contributed by atoms with E-state index in [2.05, 4.69) is 26.6 Å². The van der Waals surface area contributed by atoms with E-state index in [1.807, 2.05) is 56.3 Å². The standard InChI is InChI=1S/C20H22BrN3O2/c1-13-8-9-18(17(21)11-13)23-20(26)14(2)22-15-5-3-6-16(12-15)24-10-4-7-19(24)25/h3,5-6,8-9,11-12,14,22H,4,7,10H2,1-2H3,(H,23,26). The molecule has 5 nitrogen and oxygen atoms in total. The van der Waals surface area contributed by atoms with Crippen molar-refractivity contribution in [2.24, 2.45) is 0 Å². The number of carbonyl (C=O) groups is 2. The molecule has 0 spiro atoms. The Morgan fingerprint density at radius 2 is 2.04 bits per heavy atom. The molecule has 1 unspecified atom stereocenters. The van der Waals surface area contributed by atoms with Crippen molar-refractivity contribution >= 4 is 44.8 Å². The van der Waals surface area contributed by atoms with E-state index in [4.69, 9.17) is 0 Å². The molecule has 2 amide bonds. The molecule has 6 heteroatoms. The highest BCUT2D eigenvalue weighted by atomic mass is 79.9. The van der Waals surface area contributed by atoms with Gasteiger partial charge in [0.1, 0.15) is 6.04 Å². The van der Waals surface area contributed by atoms with Gasteiger partial charge in [-0.3, -0.25) is 9.59 Å². The first-order chi connectivity index (χ1) is 12.4. The van der Waals surface area contributed by atoms with Crippen molar-refractivity contribution in [3.8, 4) is 0 Å². The number of nitrogens with zero attached hydrogens (tertiary/aromatic N) is 1. The van der Waals surface area contributed by atoms with Crippen LogP contribution < -0.4 is 15.5 Å². The Hall–Kier alpha value is -2.34. The molecule has 1 aliphatic rings. The molecule has 0 saturated carbocycles. The van der Waals surface area contributed by atoms with Crippen LogP contribution in [0.3, 0.4) is 0 Å². The maximum atomic E-state index is 12.5. The van der Waals surface area contributed by atoms with E-state index in [9.17, 15) is 9.59 Å². The third kappa shape index (κ3) is 4.25. The zero-order chi connectivity index (χ0) is 18.7. The lowest BCUT2D eigenvalue weighted by Gasteiger charge is -2.19. The summed E-state index contributed by atoms with van der Waals surface area (Å²) in [6.07, 6.45) is 1.49. The minimum Gasteiger partial charge on any atom is -0.374 e. The molecule has 136 valence electrons. The van der Waals surface area contributed by atoms with Gasteiger partial charge in [0.25, 0.3) is 0 Å². The second kappa shape index (κ2) is 7.91. The highest BCUT2D eigenvalue weighted by Crippen LogP contribution is 2.26. The van der Waals surface area contributed by atoms with E-state index in [0.29, 0.717) is 6.42 Å². The fourth-order valence-electron chi connectivity index (χ4n) is 2.96. The van der Waals surface area contributed by atoms with Gasteiger partial charge in [-0.2, -0.15) is 0 Å². The molecule has 1 heterocycles. The number of benzene rings is 2. The van der Waals surface area contributed by atoms with Gasteiger partial charge in [0, 0.05) is 28.8 Å². The number of aryl methyl sites for hydroxylation is 1. The summed E-state index contributed by atoms with van der Waals surface area (Å²) in [5.74, 6) is 0.0226. The molecule has 0 bridgehead atoms. The molecule has 0 radical (unpaired) electrons. The maximum absolute atomic E-state index is 12.5. The SMILES string of the molecule is Cc1ccc(NC(=O)C(C)Nc2cccc(N3CCCC3=O)c2)c(Br)c1. The van der Waals surface area contributed by atoms with Crippen molar-refractivity contribution in [3.63, 3.8) is 0 Å². The van der Waals surface area contributed by atoms with E-state index in [-0.39, 0.29) is 11.8 Å². The lowest BCUT2D eigenvalue weighted by Crippen LogP contribution is -2.32. The highest BCUT2D eigenvalue weighted by molar-refractivity contribution is 9.10. The molecule has 1 fully saturated rings. The number of rotatable bonds is 5. The summed E-state index contributed by atoms with van der Waals surface area (Å²) >= 11 is 3.47. The van der Waals surface area contributed by atoms with Crippen LogP contribution in [0.25, 0.3) is 0 Å². The minimum absolute atomic E-state index is 0.128. The van der Waals surface area contributed by atoms with Crippen LogP contribution in [0, 0.1) is 6.92 Å². The van der Waals surface area contributed by atoms with Gasteiger partial charge in [-0.25, -0.2) is 0 Å². The lowest BCUT2D eigenvalue weighted by molar-refractivity contribution is -0.117. The summed E-state index contributed by atoms with van der Waals surface area (Å²) in [5.41, 5.74) is 3.54. The Labute approximate surface area is 161 Å². The molecule has 1 atom stereocenters. The Morgan fingerprint density at radius 1 is 1.23 bits per heavy atom. The molecule has 1 aliphatic heterocycles. The predicted molar refractivity (Wildman–Crippen MR) is 109 cm³/mol. The van der Waals surface area contributed by atoms with Crippen molar-refractivity contribution in [1.82, 2.24) is 0 Å². The highest BCUT2D eigenvalue weighted by Gasteiger charge is 2.22. The molecule has 26 heavy (non-hydrogen) atoms. The number of amides is 2. The summed E-state index contributed by atoms with van der Waals surface area (Å²) in [4.78, 5) is 26.2. The topological polar surface area (TPSA) is 61.4 Å². The van der Waals surface area contributed by atoms with Crippen LogP contribution in [0.2, 0.25) is 0 Å². The molecule has 0 aliphatic carbocycles. The number of nitrogens with one attached hydrogen (secondary N) is 2. The largest absolute Gasteiger partial charge is 0.374 e. The minimum atomic E-state index is -0.423. The monoisotopic (exact) mass is 415 g/mol. The van der Waals surface area contributed by atoms with E-state index in [0.717, 1.165) is 40.1 Å². The lowest BCUT2D eigenvalue weighted by atomic mass is 10.2. The summed E-state index contributed by atoms with van der Waals surface area (Å²) in [5, 5.41) is 6.13. The van der Waals surface area contributed by atoms with E-state index < -0.39 is 6.04 Å². The summed E-state index contributed by atoms with van der Waals surface area (Å²) in [7, 11) is 0. The normalized spacial score (nSPS) is 15.0. The number of anilines is 3. The smallest absolute Gasteiger partial charge is 0.246 e. The fraction of sp³-hybridized carbons (Fsp3) is 0.300. The average molecular weight is 416 g/mol. The second-order valence-electron chi connectivity index (χ2n) is 6.54. The molecule has 3 rings (SSSR count). The van der Waals surface area contributed by atoms with Crippen LogP contribution in [0.1, 0.15) is 25.3 Å². The molecule has 1 saturated heterocycles. The summed E-state index contributed by atoms with van der Waals surface area (Å²) in [6, 6.07) is 13.0. The number of hydrogen-bond acceptors (Lipinski definition) is 3. The van der Waals surface area contributed by atoms with Gasteiger partial charge >= 0.3 is 0 Å². The Morgan fingerprint density at radius 3 is 2.73 bits per heavy atom. The molecular formula is C20H22BrN3O2. The Bertz CT molecular complexity index is 838. The summed E-state index contributed by atoms with van der Waals surface area (Å²) < 4.78 is 0.854. The van der Waals surface area contributed by atoms with Crippen molar-refractivity contribution in [2.75, 3.05) is 22.1 Å². The van der Waals surface area contributed by atoms with Crippen LogP contribution in [0.4, 0.5) is 17.1 Å². The number of carbonyl (C=O) groups excluding carboxylic acids is 2. The van der Waals surface area contributed by atoms with Gasteiger partial charge < -0.3 is 15.5 Å². The van der Waals surface area contributed by atoms with Crippen LogP contribution in [0.5, 0.6) is 0 Å². The number of halogens is 1. The van der Waals surface area contributed by atoms with Gasteiger partial charge in [-0.05, 0) is 72.1 Å². The predicted octanol–water partition coefficient (Wildman–Crippen LogP) is 4.32. The second-order valence-corrected chi connectivity index (χ2v) is 7.39. The van der Waals surface area contributed by atoms with E-state index >= 15 is 0 Å². The first-order valence-electron chi connectivity index (χ1n) is 8.68. The first kappa shape index (κ1) is 18.5. The number of hydrogen-bond donors (Lipinski definition) is 2. The van der Waals surface area contributed by atoms with Crippen molar-refractivity contribution < 1.29 is 9.59 Å². The van der Waals surface area contributed by atoms with Crippen molar-refractivity contribution in [1.29, 1.82) is 0 Å². The Kier molecular flexibility index (Phi) is 5.61. The molecule has 2 aromatic carbocycles. The van der Waals surface area contributed by atoms with Gasteiger partial charge in [0.05, 0.1) is 5.69 Å². The third-order valence-electron chi connectivity index (χ3n) is 4.39. The van der Waals surface area contributed by atoms with Crippen LogP contribution in [-0.2, 0) is 9.59 Å². The summed E-state index contributed by atoms with van der Waals surface area (Å²) in [6.45, 7) is 4.56. The van der Waals surface area contributed by atoms with Crippen molar-refractivity contribution in [3.05, 3.63) is 52.5 Å². The van der Waals surface area contributed by atoms with Crippen LogP contribution in [-0.4, -0.2) is 24.4 Å². The first-order valence-corrected chi connectivity index (χ1v) is 9.47. The Balaban J connectivity index is 1.66. The molecular weight excluding hydrogens is 394 g/mol. The van der Waals surface area contributed by atoms with Gasteiger partial charge in [0.15, 0.2) is 0 Å². The van der Waals surface area contributed by atoms with Crippen LogP contribution >= 0.6 is 15.9 Å². The van der Waals surface area contributed by atoms with Gasteiger partial charge in [0.2, 0.25) is 11.8 Å². The van der Waals surface area contributed by atoms with E-state index in [1.165, 1.54) is 0 Å². The maximum Gasteiger partial charge on any atom is 0.246 e. The quantitative estimate of drug-likeness (QED) is 0.763. The molecule has 0 aromatic heterocycles. The fourth-order valence-corrected chi connectivity index (χ4v) is 3.56. The molecule has 2 N–H and O–H groups in total.